The van der Waals surface area contributed by atoms with E-state index >= 15 is 0 Å². The largest absolute Gasteiger partial charge is 0.329 e. The van der Waals surface area contributed by atoms with Crippen LogP contribution in [0.4, 0.5) is 11.4 Å². The van der Waals surface area contributed by atoms with E-state index < -0.39 is 0 Å². The van der Waals surface area contributed by atoms with Gasteiger partial charge >= 0.3 is 0 Å². The van der Waals surface area contributed by atoms with Crippen LogP contribution in [0.5, 0.6) is 0 Å². The van der Waals surface area contributed by atoms with Crippen molar-refractivity contribution >= 4 is 75.1 Å². The Morgan fingerprint density at radius 2 is 1.28 bits per heavy atom. The summed E-state index contributed by atoms with van der Waals surface area (Å²) >= 11 is 30.6. The first-order valence-electron chi connectivity index (χ1n) is 11.1. The van der Waals surface area contributed by atoms with E-state index in [2.05, 4.69) is 20.8 Å². The van der Waals surface area contributed by atoms with Crippen LogP contribution < -0.4 is 10.6 Å². The summed E-state index contributed by atoms with van der Waals surface area (Å²) in [6.45, 7) is 8.83. The topological polar surface area (TPSA) is 59.7 Å². The molecule has 2 aromatic heterocycles. The molecule has 0 fully saturated rings. The fourth-order valence-electron chi connectivity index (χ4n) is 3.97. The standard InChI is InChI=1S/C25H24Cl4N6S/c1-13-23(15(3)34(32-13)11-17-8-9-21(28)22(29)10-17)30-25(36)31-24-14(2)33-35(16(24)4)12-18-19(26)6-5-7-20(18)27/h5-10H,11-12H2,1-4H3,(H2,30,31,36). The Hall–Kier alpha value is -2.29. The molecule has 0 saturated heterocycles. The number of anilines is 2. The average Bonchev–Trinajstić information content (AvgIpc) is 3.23. The minimum atomic E-state index is 0.441. The zero-order valence-corrected chi connectivity index (χ0v) is 23.9. The Morgan fingerprint density at radius 3 is 1.81 bits per heavy atom. The van der Waals surface area contributed by atoms with Gasteiger partial charge in [-0.05, 0) is 69.7 Å². The Labute approximate surface area is 235 Å². The van der Waals surface area contributed by atoms with E-state index in [9.17, 15) is 0 Å². The van der Waals surface area contributed by atoms with Gasteiger partial charge in [-0.1, -0.05) is 58.5 Å². The number of hydrogen-bond acceptors (Lipinski definition) is 3. The predicted molar refractivity (Wildman–Crippen MR) is 154 cm³/mol. The fraction of sp³-hybridized carbons (Fsp3) is 0.240. The summed E-state index contributed by atoms with van der Waals surface area (Å²) in [5, 5.41) is 18.6. The molecular formula is C25H24Cl4N6S. The highest BCUT2D eigenvalue weighted by molar-refractivity contribution is 7.80. The van der Waals surface area contributed by atoms with Crippen LogP contribution in [-0.2, 0) is 13.1 Å². The van der Waals surface area contributed by atoms with Gasteiger partial charge in [-0.15, -0.1) is 0 Å². The summed E-state index contributed by atoms with van der Waals surface area (Å²) in [4.78, 5) is 0. The number of nitrogens with one attached hydrogen (secondary N) is 2. The van der Waals surface area contributed by atoms with Crippen LogP contribution in [-0.4, -0.2) is 24.7 Å². The molecule has 0 unspecified atom stereocenters. The second-order valence-corrected chi connectivity index (χ2v) is 10.5. The number of rotatable bonds is 6. The summed E-state index contributed by atoms with van der Waals surface area (Å²) < 4.78 is 3.76. The molecular weight excluding hydrogens is 558 g/mol. The second-order valence-electron chi connectivity index (χ2n) is 8.43. The summed E-state index contributed by atoms with van der Waals surface area (Å²) in [5.41, 5.74) is 6.99. The summed E-state index contributed by atoms with van der Waals surface area (Å²) in [6, 6.07) is 11.0. The van der Waals surface area contributed by atoms with Gasteiger partial charge in [-0.2, -0.15) is 10.2 Å². The van der Waals surface area contributed by atoms with Crippen molar-refractivity contribution in [3.8, 4) is 0 Å². The van der Waals surface area contributed by atoms with Gasteiger partial charge < -0.3 is 10.6 Å². The van der Waals surface area contributed by atoms with Crippen LogP contribution in [0, 0.1) is 27.7 Å². The van der Waals surface area contributed by atoms with Gasteiger partial charge in [0.25, 0.3) is 0 Å². The molecule has 4 rings (SSSR count). The van der Waals surface area contributed by atoms with Crippen LogP contribution >= 0.6 is 58.6 Å². The summed E-state index contributed by atoms with van der Waals surface area (Å²) in [6.07, 6.45) is 0. The lowest BCUT2D eigenvalue weighted by Crippen LogP contribution is -2.21. The molecule has 11 heteroatoms. The molecule has 2 aromatic carbocycles. The van der Waals surface area contributed by atoms with Gasteiger partial charge in [0, 0.05) is 15.6 Å². The molecule has 2 N–H and O–H groups in total. The third kappa shape index (κ3) is 5.66. The zero-order chi connectivity index (χ0) is 26.1. The first-order chi connectivity index (χ1) is 17.0. The molecule has 0 amide bonds. The number of thiocarbonyl (C=S) groups is 1. The molecule has 2 heterocycles. The number of aromatic nitrogens is 4. The maximum absolute atomic E-state index is 6.36. The van der Waals surface area contributed by atoms with Crippen molar-refractivity contribution in [2.75, 3.05) is 10.6 Å². The van der Waals surface area contributed by atoms with Crippen molar-refractivity contribution in [2.24, 2.45) is 0 Å². The highest BCUT2D eigenvalue weighted by Gasteiger charge is 2.18. The highest BCUT2D eigenvalue weighted by Crippen LogP contribution is 2.28. The van der Waals surface area contributed by atoms with Crippen molar-refractivity contribution in [2.45, 2.75) is 40.8 Å². The molecule has 188 valence electrons. The van der Waals surface area contributed by atoms with E-state index in [4.69, 9.17) is 58.6 Å². The fourth-order valence-corrected chi connectivity index (χ4v) is 5.01. The van der Waals surface area contributed by atoms with Gasteiger partial charge in [-0.3, -0.25) is 9.36 Å². The molecule has 36 heavy (non-hydrogen) atoms. The van der Waals surface area contributed by atoms with Crippen LogP contribution in [0.25, 0.3) is 0 Å². The van der Waals surface area contributed by atoms with Crippen molar-refractivity contribution < 1.29 is 0 Å². The molecule has 4 aromatic rings. The second kappa shape index (κ2) is 11.0. The quantitative estimate of drug-likeness (QED) is 0.227. The van der Waals surface area contributed by atoms with Crippen LogP contribution in [0.15, 0.2) is 36.4 Å². The molecule has 0 radical (unpaired) electrons. The first kappa shape index (κ1) is 26.8. The van der Waals surface area contributed by atoms with Gasteiger partial charge in [0.1, 0.15) is 0 Å². The van der Waals surface area contributed by atoms with E-state index in [0.717, 1.165) is 45.3 Å². The minimum absolute atomic E-state index is 0.441. The van der Waals surface area contributed by atoms with E-state index in [1.807, 2.05) is 67.4 Å². The molecule has 0 atom stereocenters. The van der Waals surface area contributed by atoms with Crippen LogP contribution in [0.2, 0.25) is 20.1 Å². The lowest BCUT2D eigenvalue weighted by molar-refractivity contribution is 0.659. The number of aryl methyl sites for hydroxylation is 2. The number of hydrogen-bond donors (Lipinski definition) is 2. The lowest BCUT2D eigenvalue weighted by atomic mass is 10.2. The Kier molecular flexibility index (Phi) is 8.17. The van der Waals surface area contributed by atoms with Crippen molar-refractivity contribution in [1.82, 2.24) is 19.6 Å². The predicted octanol–water partition coefficient (Wildman–Crippen LogP) is 7.83. The number of nitrogens with zero attached hydrogens (tertiary/aromatic N) is 4. The SMILES string of the molecule is Cc1nn(Cc2ccc(Cl)c(Cl)c2)c(C)c1NC(=S)Nc1c(C)nn(Cc2c(Cl)cccc2Cl)c1C. The maximum atomic E-state index is 6.36. The van der Waals surface area contributed by atoms with Crippen LogP contribution in [0.1, 0.15) is 33.9 Å². The maximum Gasteiger partial charge on any atom is 0.175 e. The first-order valence-corrected chi connectivity index (χ1v) is 13.0. The van der Waals surface area contributed by atoms with E-state index in [1.54, 1.807) is 6.07 Å². The lowest BCUT2D eigenvalue weighted by Gasteiger charge is -2.13. The van der Waals surface area contributed by atoms with Crippen molar-refractivity contribution in [3.05, 3.63) is 90.4 Å². The Balaban J connectivity index is 1.50. The Morgan fingerprint density at radius 1 is 0.750 bits per heavy atom. The van der Waals surface area contributed by atoms with Crippen molar-refractivity contribution in [3.63, 3.8) is 0 Å². The average molecular weight is 582 g/mol. The highest BCUT2D eigenvalue weighted by atomic mass is 35.5. The third-order valence-corrected chi connectivity index (χ3v) is 7.58. The smallest absolute Gasteiger partial charge is 0.175 e. The van der Waals surface area contributed by atoms with E-state index in [1.165, 1.54) is 0 Å². The summed E-state index contributed by atoms with van der Waals surface area (Å²) in [7, 11) is 0. The van der Waals surface area contributed by atoms with E-state index in [0.29, 0.717) is 38.3 Å². The number of halogens is 4. The zero-order valence-electron chi connectivity index (χ0n) is 20.1. The van der Waals surface area contributed by atoms with Gasteiger partial charge in [0.2, 0.25) is 0 Å². The van der Waals surface area contributed by atoms with Crippen molar-refractivity contribution in [1.29, 1.82) is 0 Å². The monoisotopic (exact) mass is 580 g/mol. The number of benzene rings is 2. The molecule has 0 saturated carbocycles. The van der Waals surface area contributed by atoms with Gasteiger partial charge in [0.15, 0.2) is 5.11 Å². The summed E-state index contributed by atoms with van der Waals surface area (Å²) in [5.74, 6) is 0. The normalized spacial score (nSPS) is 11.1. The molecule has 0 bridgehead atoms. The third-order valence-electron chi connectivity index (χ3n) is 5.93. The van der Waals surface area contributed by atoms with Gasteiger partial charge in [-0.25, -0.2) is 0 Å². The molecule has 6 nitrogen and oxygen atoms in total. The van der Waals surface area contributed by atoms with E-state index in [-0.39, 0.29) is 0 Å². The molecule has 0 aliphatic heterocycles. The molecule has 0 aliphatic rings. The van der Waals surface area contributed by atoms with Crippen LogP contribution in [0.3, 0.4) is 0 Å². The van der Waals surface area contributed by atoms with Gasteiger partial charge in [0.05, 0.1) is 57.3 Å². The Bertz CT molecular complexity index is 1440. The molecule has 0 spiro atoms. The minimum Gasteiger partial charge on any atom is -0.329 e. The molecule has 0 aliphatic carbocycles.